The van der Waals surface area contributed by atoms with Gasteiger partial charge in [0, 0.05) is 11.1 Å². The Morgan fingerprint density at radius 1 is 0.789 bits per heavy atom. The molecule has 0 N–H and O–H groups in total. The van der Waals surface area contributed by atoms with E-state index in [0.29, 0.717) is 0 Å². The molecule has 19 heavy (non-hydrogen) atoms. The molecule has 1 heterocycles. The van der Waals surface area contributed by atoms with Crippen molar-refractivity contribution in [1.82, 2.24) is 5.32 Å². The van der Waals surface area contributed by atoms with Crippen LogP contribution in [0.15, 0.2) is 42.5 Å². The van der Waals surface area contributed by atoms with Gasteiger partial charge in [-0.1, -0.05) is 55.7 Å². The third-order valence-corrected chi connectivity index (χ3v) is 4.54. The first-order valence-corrected chi connectivity index (χ1v) is 7.37. The average molecular weight is 248 g/mol. The fourth-order valence-corrected chi connectivity index (χ4v) is 3.57. The van der Waals surface area contributed by atoms with E-state index >= 15 is 0 Å². The lowest BCUT2D eigenvalue weighted by Crippen LogP contribution is -2.06. The van der Waals surface area contributed by atoms with Crippen molar-refractivity contribution in [3.63, 3.8) is 0 Å². The van der Waals surface area contributed by atoms with E-state index < -0.39 is 0 Å². The number of nitrogens with zero attached hydrogens (tertiary/aromatic N) is 1. The van der Waals surface area contributed by atoms with Gasteiger partial charge in [-0.05, 0) is 30.4 Å². The van der Waals surface area contributed by atoms with Gasteiger partial charge in [-0.3, -0.25) is 0 Å². The lowest BCUT2D eigenvalue weighted by Gasteiger charge is -2.23. The summed E-state index contributed by atoms with van der Waals surface area (Å²) in [6, 6.07) is 15.2. The van der Waals surface area contributed by atoms with Crippen LogP contribution in [0, 0.1) is 0 Å². The zero-order valence-corrected chi connectivity index (χ0v) is 11.1. The number of fused-ring (bicyclic) bond motifs is 3. The van der Waals surface area contributed by atoms with Crippen LogP contribution in [0.3, 0.4) is 0 Å². The van der Waals surface area contributed by atoms with Crippen LogP contribution in [0.4, 0.5) is 11.4 Å². The standard InChI is InChI=1S/C18H18N/c1-2-7-13(8-3-1)14-10-6-11-16-15-9-4-5-12-17(15)19-18(14)16/h4-6,9-13H,1-3,7-8H2. The van der Waals surface area contributed by atoms with Crippen molar-refractivity contribution >= 4 is 11.4 Å². The van der Waals surface area contributed by atoms with E-state index in [1.807, 2.05) is 0 Å². The maximum Gasteiger partial charge on any atom is 0.0751 e. The van der Waals surface area contributed by atoms with Crippen LogP contribution in [0.1, 0.15) is 43.6 Å². The summed E-state index contributed by atoms with van der Waals surface area (Å²) in [5.74, 6) is 0.724. The fraction of sp³-hybridized carbons (Fsp3) is 0.333. The molecule has 0 spiro atoms. The number of rotatable bonds is 1. The van der Waals surface area contributed by atoms with Gasteiger partial charge in [0.1, 0.15) is 0 Å². The topological polar surface area (TPSA) is 14.1 Å². The van der Waals surface area contributed by atoms with Gasteiger partial charge in [-0.25, -0.2) is 5.32 Å². The lowest BCUT2D eigenvalue weighted by atomic mass is 9.82. The van der Waals surface area contributed by atoms with Crippen molar-refractivity contribution in [2.24, 2.45) is 0 Å². The van der Waals surface area contributed by atoms with Crippen molar-refractivity contribution in [2.45, 2.75) is 38.0 Å². The smallest absolute Gasteiger partial charge is 0.0751 e. The van der Waals surface area contributed by atoms with Crippen LogP contribution in [0.25, 0.3) is 11.1 Å². The lowest BCUT2D eigenvalue weighted by molar-refractivity contribution is 0.444. The third kappa shape index (κ3) is 1.76. The molecular weight excluding hydrogens is 230 g/mol. The van der Waals surface area contributed by atoms with Crippen molar-refractivity contribution in [3.8, 4) is 11.1 Å². The highest BCUT2D eigenvalue weighted by molar-refractivity contribution is 5.92. The molecule has 1 aliphatic carbocycles. The molecule has 1 saturated carbocycles. The van der Waals surface area contributed by atoms with Gasteiger partial charge >= 0.3 is 0 Å². The van der Waals surface area contributed by atoms with E-state index in [9.17, 15) is 0 Å². The normalized spacial score (nSPS) is 17.7. The highest BCUT2D eigenvalue weighted by Crippen LogP contribution is 2.48. The average Bonchev–Trinajstić information content (AvgIpc) is 2.87. The molecule has 0 amide bonds. The summed E-state index contributed by atoms with van der Waals surface area (Å²) in [5.41, 5.74) is 6.50. The molecule has 1 radical (unpaired) electrons. The van der Waals surface area contributed by atoms with Crippen LogP contribution in [0.5, 0.6) is 0 Å². The number of hydrogen-bond acceptors (Lipinski definition) is 0. The summed E-state index contributed by atoms with van der Waals surface area (Å²) in [4.78, 5) is 0. The number of benzene rings is 2. The molecule has 0 atom stereocenters. The number of hydrogen-bond donors (Lipinski definition) is 0. The van der Waals surface area contributed by atoms with E-state index in [1.165, 1.54) is 54.5 Å². The van der Waals surface area contributed by atoms with E-state index in [2.05, 4.69) is 42.5 Å². The molecule has 95 valence electrons. The van der Waals surface area contributed by atoms with Gasteiger partial charge in [-0.2, -0.15) is 0 Å². The SMILES string of the molecule is c1ccc2c(c1)[N]c1c-2cccc1C1CCCCC1. The summed E-state index contributed by atoms with van der Waals surface area (Å²) >= 11 is 0. The first kappa shape index (κ1) is 11.1. The molecule has 1 aliphatic heterocycles. The minimum absolute atomic E-state index is 0.724. The Balaban J connectivity index is 1.80. The predicted octanol–water partition coefficient (Wildman–Crippen LogP) is 5.28. The molecule has 0 unspecified atom stereocenters. The Morgan fingerprint density at radius 2 is 1.58 bits per heavy atom. The van der Waals surface area contributed by atoms with Gasteiger partial charge in [0.15, 0.2) is 0 Å². The van der Waals surface area contributed by atoms with Crippen molar-refractivity contribution in [2.75, 3.05) is 0 Å². The Bertz CT molecular complexity index is 609. The third-order valence-electron chi connectivity index (χ3n) is 4.54. The molecular formula is C18H18N. The van der Waals surface area contributed by atoms with Crippen LogP contribution in [-0.4, -0.2) is 0 Å². The minimum atomic E-state index is 0.724. The van der Waals surface area contributed by atoms with Gasteiger partial charge < -0.3 is 0 Å². The highest BCUT2D eigenvalue weighted by Gasteiger charge is 2.26. The van der Waals surface area contributed by atoms with Gasteiger partial charge in [-0.15, -0.1) is 0 Å². The van der Waals surface area contributed by atoms with E-state index in [-0.39, 0.29) is 0 Å². The summed E-state index contributed by atoms with van der Waals surface area (Å²) in [6.07, 6.45) is 6.83. The second-order valence-corrected chi connectivity index (χ2v) is 5.71. The molecule has 4 rings (SSSR count). The predicted molar refractivity (Wildman–Crippen MR) is 79.2 cm³/mol. The van der Waals surface area contributed by atoms with Crippen LogP contribution in [0.2, 0.25) is 0 Å². The Labute approximate surface area is 114 Å². The molecule has 1 heteroatoms. The second-order valence-electron chi connectivity index (χ2n) is 5.71. The van der Waals surface area contributed by atoms with Crippen molar-refractivity contribution < 1.29 is 0 Å². The van der Waals surface area contributed by atoms with E-state index in [4.69, 9.17) is 5.32 Å². The van der Waals surface area contributed by atoms with Crippen LogP contribution < -0.4 is 5.32 Å². The molecule has 0 saturated heterocycles. The maximum absolute atomic E-state index is 4.89. The zero-order valence-electron chi connectivity index (χ0n) is 11.1. The number of para-hydroxylation sites is 2. The van der Waals surface area contributed by atoms with Crippen molar-refractivity contribution in [3.05, 3.63) is 48.0 Å². The molecule has 0 aromatic heterocycles. The Kier molecular flexibility index (Phi) is 2.58. The van der Waals surface area contributed by atoms with Gasteiger partial charge in [0.25, 0.3) is 0 Å². The Morgan fingerprint density at radius 3 is 2.47 bits per heavy atom. The highest BCUT2D eigenvalue weighted by atomic mass is 14.9. The van der Waals surface area contributed by atoms with Gasteiger partial charge in [0.2, 0.25) is 0 Å². The quantitative estimate of drug-likeness (QED) is 0.556. The maximum atomic E-state index is 4.89. The summed E-state index contributed by atoms with van der Waals surface area (Å²) < 4.78 is 0. The zero-order chi connectivity index (χ0) is 12.7. The van der Waals surface area contributed by atoms with Crippen LogP contribution >= 0.6 is 0 Å². The molecule has 2 aromatic carbocycles. The fourth-order valence-electron chi connectivity index (χ4n) is 3.57. The minimum Gasteiger partial charge on any atom is -0.247 e. The monoisotopic (exact) mass is 248 g/mol. The summed E-state index contributed by atoms with van der Waals surface area (Å²) in [7, 11) is 0. The van der Waals surface area contributed by atoms with E-state index in [0.717, 1.165) is 11.6 Å². The summed E-state index contributed by atoms with van der Waals surface area (Å²) in [5, 5.41) is 4.89. The van der Waals surface area contributed by atoms with Crippen LogP contribution in [-0.2, 0) is 0 Å². The summed E-state index contributed by atoms with van der Waals surface area (Å²) in [6.45, 7) is 0. The molecule has 1 fully saturated rings. The van der Waals surface area contributed by atoms with Crippen molar-refractivity contribution in [1.29, 1.82) is 0 Å². The first-order chi connectivity index (χ1) is 9.43. The molecule has 1 nitrogen and oxygen atoms in total. The van der Waals surface area contributed by atoms with E-state index in [1.54, 1.807) is 0 Å². The first-order valence-electron chi connectivity index (χ1n) is 7.37. The second kappa shape index (κ2) is 4.41. The van der Waals surface area contributed by atoms with Gasteiger partial charge in [0.05, 0.1) is 11.4 Å². The molecule has 2 aromatic rings. The molecule has 0 bridgehead atoms. The Hall–Kier alpha value is -1.76. The largest absolute Gasteiger partial charge is 0.247 e. The molecule has 2 aliphatic rings.